The van der Waals surface area contributed by atoms with E-state index in [0.29, 0.717) is 5.56 Å². The predicted molar refractivity (Wildman–Crippen MR) is 51.3 cm³/mol. The molecule has 0 radical (unpaired) electrons. The van der Waals surface area contributed by atoms with Gasteiger partial charge in [0.25, 0.3) is 0 Å². The molecule has 1 aromatic carbocycles. The Balaban J connectivity index is 0.000000292. The standard InChI is InChI=1S/C7H6O2.C3H6O2/c8-7(9)6-4-2-1-3-5-6;1-2-3(4)5/h1-5H,(H,8,9);2H2,1H3,(H,4,5). The summed E-state index contributed by atoms with van der Waals surface area (Å²) in [6, 6.07) is 8.30. The third-order valence-corrected chi connectivity index (χ3v) is 1.32. The van der Waals surface area contributed by atoms with E-state index in [0.717, 1.165) is 0 Å². The van der Waals surface area contributed by atoms with E-state index in [1.165, 1.54) is 0 Å². The fourth-order valence-electron chi connectivity index (χ4n) is 0.581. The molecule has 0 saturated heterocycles. The molecular formula is C10H12O4. The molecule has 4 heteroatoms. The summed E-state index contributed by atoms with van der Waals surface area (Å²) in [6.07, 6.45) is 0.222. The topological polar surface area (TPSA) is 74.6 Å². The Morgan fingerprint density at radius 1 is 1.14 bits per heavy atom. The molecule has 2 N–H and O–H groups in total. The first-order valence-corrected chi connectivity index (χ1v) is 4.08. The summed E-state index contributed by atoms with van der Waals surface area (Å²) < 4.78 is 0. The van der Waals surface area contributed by atoms with E-state index in [-0.39, 0.29) is 6.42 Å². The van der Waals surface area contributed by atoms with Gasteiger partial charge in [-0.05, 0) is 12.1 Å². The van der Waals surface area contributed by atoms with E-state index in [4.69, 9.17) is 10.2 Å². The van der Waals surface area contributed by atoms with Gasteiger partial charge in [-0.15, -0.1) is 0 Å². The van der Waals surface area contributed by atoms with Gasteiger partial charge in [-0.1, -0.05) is 25.1 Å². The van der Waals surface area contributed by atoms with Gasteiger partial charge < -0.3 is 10.2 Å². The third kappa shape index (κ3) is 5.77. The Hall–Kier alpha value is -1.84. The van der Waals surface area contributed by atoms with E-state index >= 15 is 0 Å². The molecule has 0 saturated carbocycles. The van der Waals surface area contributed by atoms with E-state index in [9.17, 15) is 9.59 Å². The van der Waals surface area contributed by atoms with Crippen LogP contribution in [0, 0.1) is 0 Å². The Kier molecular flexibility index (Phi) is 5.78. The van der Waals surface area contributed by atoms with E-state index in [1.807, 2.05) is 0 Å². The van der Waals surface area contributed by atoms with Gasteiger partial charge in [-0.3, -0.25) is 4.79 Å². The summed E-state index contributed by atoms with van der Waals surface area (Å²) in [7, 11) is 0. The molecule has 0 heterocycles. The van der Waals surface area contributed by atoms with Gasteiger partial charge in [0.05, 0.1) is 5.56 Å². The smallest absolute Gasteiger partial charge is 0.335 e. The van der Waals surface area contributed by atoms with Gasteiger partial charge in [-0.25, -0.2) is 4.79 Å². The molecule has 0 aliphatic rings. The molecule has 0 spiro atoms. The summed E-state index contributed by atoms with van der Waals surface area (Å²) in [6.45, 7) is 1.60. The maximum absolute atomic E-state index is 10.2. The van der Waals surface area contributed by atoms with Gasteiger partial charge in [0.2, 0.25) is 0 Å². The minimum Gasteiger partial charge on any atom is -0.481 e. The van der Waals surface area contributed by atoms with Gasteiger partial charge in [0.1, 0.15) is 0 Å². The Morgan fingerprint density at radius 2 is 1.57 bits per heavy atom. The van der Waals surface area contributed by atoms with Crippen molar-refractivity contribution >= 4 is 11.9 Å². The van der Waals surface area contributed by atoms with Crippen molar-refractivity contribution in [3.05, 3.63) is 35.9 Å². The predicted octanol–water partition coefficient (Wildman–Crippen LogP) is 1.87. The highest BCUT2D eigenvalue weighted by atomic mass is 16.4. The lowest BCUT2D eigenvalue weighted by Gasteiger charge is -1.88. The number of hydrogen-bond acceptors (Lipinski definition) is 2. The number of rotatable bonds is 2. The van der Waals surface area contributed by atoms with Crippen molar-refractivity contribution in [1.82, 2.24) is 0 Å². The first kappa shape index (κ1) is 12.2. The summed E-state index contributed by atoms with van der Waals surface area (Å²) in [5.41, 5.74) is 0.331. The fraction of sp³-hybridized carbons (Fsp3) is 0.200. The number of hydrogen-bond donors (Lipinski definition) is 2. The van der Waals surface area contributed by atoms with Gasteiger partial charge >= 0.3 is 11.9 Å². The Labute approximate surface area is 81.8 Å². The van der Waals surface area contributed by atoms with E-state index in [1.54, 1.807) is 37.3 Å². The van der Waals surface area contributed by atoms with Crippen LogP contribution in [0.5, 0.6) is 0 Å². The van der Waals surface area contributed by atoms with Crippen LogP contribution in [0.2, 0.25) is 0 Å². The average Bonchev–Trinajstić information content (AvgIpc) is 2.20. The van der Waals surface area contributed by atoms with Crippen LogP contribution in [0.15, 0.2) is 30.3 Å². The van der Waals surface area contributed by atoms with Crippen LogP contribution in [0.1, 0.15) is 23.7 Å². The molecule has 0 unspecified atom stereocenters. The van der Waals surface area contributed by atoms with Crippen LogP contribution in [-0.2, 0) is 4.79 Å². The van der Waals surface area contributed by atoms with E-state index in [2.05, 4.69) is 0 Å². The highest BCUT2D eigenvalue weighted by Gasteiger charge is 1.96. The maximum Gasteiger partial charge on any atom is 0.335 e. The van der Waals surface area contributed by atoms with Crippen molar-refractivity contribution in [2.45, 2.75) is 13.3 Å². The van der Waals surface area contributed by atoms with Crippen LogP contribution in [0.25, 0.3) is 0 Å². The van der Waals surface area contributed by atoms with Crippen LogP contribution in [0.3, 0.4) is 0 Å². The molecule has 76 valence electrons. The molecule has 0 amide bonds. The molecule has 4 nitrogen and oxygen atoms in total. The second-order valence-electron chi connectivity index (χ2n) is 2.42. The number of benzene rings is 1. The van der Waals surface area contributed by atoms with Crippen LogP contribution in [-0.4, -0.2) is 22.2 Å². The minimum atomic E-state index is -0.879. The summed E-state index contributed by atoms with van der Waals surface area (Å²) in [5.74, 6) is -1.62. The quantitative estimate of drug-likeness (QED) is 0.757. The molecular weight excluding hydrogens is 184 g/mol. The van der Waals surface area contributed by atoms with Crippen LogP contribution >= 0.6 is 0 Å². The number of carboxylic acid groups (broad SMARTS) is 2. The second-order valence-corrected chi connectivity index (χ2v) is 2.42. The molecule has 1 rings (SSSR count). The van der Waals surface area contributed by atoms with E-state index < -0.39 is 11.9 Å². The lowest BCUT2D eigenvalue weighted by atomic mass is 10.2. The minimum absolute atomic E-state index is 0.222. The number of aliphatic carboxylic acids is 1. The molecule has 0 aliphatic heterocycles. The monoisotopic (exact) mass is 196 g/mol. The van der Waals surface area contributed by atoms with Crippen molar-refractivity contribution in [2.24, 2.45) is 0 Å². The summed E-state index contributed by atoms with van der Waals surface area (Å²) in [5, 5.41) is 16.1. The highest BCUT2D eigenvalue weighted by Crippen LogP contribution is 1.96. The second kappa shape index (κ2) is 6.65. The summed E-state index contributed by atoms with van der Waals surface area (Å²) >= 11 is 0. The van der Waals surface area contributed by atoms with Crippen molar-refractivity contribution in [3.63, 3.8) is 0 Å². The normalized spacial score (nSPS) is 8.36. The highest BCUT2D eigenvalue weighted by molar-refractivity contribution is 5.87. The molecule has 14 heavy (non-hydrogen) atoms. The summed E-state index contributed by atoms with van der Waals surface area (Å²) in [4.78, 5) is 19.6. The average molecular weight is 196 g/mol. The number of aromatic carboxylic acids is 1. The molecule has 0 bridgehead atoms. The molecule has 0 aliphatic carbocycles. The Morgan fingerprint density at radius 3 is 1.79 bits per heavy atom. The van der Waals surface area contributed by atoms with Crippen molar-refractivity contribution in [1.29, 1.82) is 0 Å². The Bertz CT molecular complexity index is 292. The lowest BCUT2D eigenvalue weighted by Crippen LogP contribution is -1.93. The van der Waals surface area contributed by atoms with Crippen LogP contribution in [0.4, 0.5) is 0 Å². The first-order valence-electron chi connectivity index (χ1n) is 4.08. The number of carbonyl (C=O) groups is 2. The van der Waals surface area contributed by atoms with Crippen LogP contribution < -0.4 is 0 Å². The van der Waals surface area contributed by atoms with Gasteiger partial charge in [0, 0.05) is 6.42 Å². The van der Waals surface area contributed by atoms with Gasteiger partial charge in [0.15, 0.2) is 0 Å². The van der Waals surface area contributed by atoms with Gasteiger partial charge in [-0.2, -0.15) is 0 Å². The third-order valence-electron chi connectivity index (χ3n) is 1.32. The zero-order chi connectivity index (χ0) is 11.0. The fourth-order valence-corrected chi connectivity index (χ4v) is 0.581. The van der Waals surface area contributed by atoms with Crippen molar-refractivity contribution in [3.8, 4) is 0 Å². The van der Waals surface area contributed by atoms with Crippen molar-refractivity contribution < 1.29 is 19.8 Å². The maximum atomic E-state index is 10.2. The molecule has 0 atom stereocenters. The SMILES string of the molecule is CCC(=O)O.O=C(O)c1ccccc1. The first-order chi connectivity index (χ1) is 6.57. The lowest BCUT2D eigenvalue weighted by molar-refractivity contribution is -0.136. The number of carboxylic acids is 2. The molecule has 1 aromatic rings. The largest absolute Gasteiger partial charge is 0.481 e. The molecule has 0 fully saturated rings. The zero-order valence-corrected chi connectivity index (χ0v) is 7.80. The molecule has 0 aromatic heterocycles. The van der Waals surface area contributed by atoms with Crippen molar-refractivity contribution in [2.75, 3.05) is 0 Å². The zero-order valence-electron chi connectivity index (χ0n) is 7.80.